The molecule has 1 aliphatic carbocycles. The van der Waals surface area contributed by atoms with Crippen LogP contribution in [0.4, 0.5) is 0 Å². The number of hydrogen-bond acceptors (Lipinski definition) is 3. The fourth-order valence-electron chi connectivity index (χ4n) is 2.84. The molecule has 2 aromatic rings. The van der Waals surface area contributed by atoms with Gasteiger partial charge in [-0.15, -0.1) is 0 Å². The molecule has 1 unspecified atom stereocenters. The van der Waals surface area contributed by atoms with E-state index in [1.807, 2.05) is 36.0 Å². The molecular formula is C16H20N2O2. The van der Waals surface area contributed by atoms with Crippen molar-refractivity contribution >= 4 is 0 Å². The van der Waals surface area contributed by atoms with Crippen molar-refractivity contribution in [1.29, 1.82) is 0 Å². The summed E-state index contributed by atoms with van der Waals surface area (Å²) in [5.74, 6) is 0.920. The number of nitrogens with zero attached hydrogens (tertiary/aromatic N) is 2. The number of benzene rings is 1. The Morgan fingerprint density at radius 3 is 3.10 bits per heavy atom. The van der Waals surface area contributed by atoms with Gasteiger partial charge in [-0.05, 0) is 42.5 Å². The third kappa shape index (κ3) is 2.56. The van der Waals surface area contributed by atoms with Gasteiger partial charge in [-0.1, -0.05) is 12.1 Å². The van der Waals surface area contributed by atoms with Gasteiger partial charge in [0.2, 0.25) is 0 Å². The molecule has 1 aromatic heterocycles. The lowest BCUT2D eigenvalue weighted by molar-refractivity contribution is 0.155. The SMILES string of the molecule is Cn1nccc1CCOc1cccc2c1CCCC2O. The van der Waals surface area contributed by atoms with Crippen LogP contribution >= 0.6 is 0 Å². The monoisotopic (exact) mass is 272 g/mol. The predicted octanol–water partition coefficient (Wildman–Crippen LogP) is 2.41. The highest BCUT2D eigenvalue weighted by Gasteiger charge is 2.20. The number of rotatable bonds is 4. The average Bonchev–Trinajstić information content (AvgIpc) is 2.86. The van der Waals surface area contributed by atoms with Gasteiger partial charge < -0.3 is 9.84 Å². The van der Waals surface area contributed by atoms with Crippen LogP contribution in [-0.4, -0.2) is 21.5 Å². The minimum atomic E-state index is -0.334. The summed E-state index contributed by atoms with van der Waals surface area (Å²) < 4.78 is 7.80. The lowest BCUT2D eigenvalue weighted by Gasteiger charge is -2.23. The molecule has 0 fully saturated rings. The van der Waals surface area contributed by atoms with Gasteiger partial charge >= 0.3 is 0 Å². The zero-order chi connectivity index (χ0) is 13.9. The number of aromatic nitrogens is 2. The van der Waals surface area contributed by atoms with E-state index in [-0.39, 0.29) is 6.10 Å². The molecule has 106 valence electrons. The number of fused-ring (bicyclic) bond motifs is 1. The summed E-state index contributed by atoms with van der Waals surface area (Å²) in [6.07, 6.45) is 5.17. The lowest BCUT2D eigenvalue weighted by Crippen LogP contribution is -2.12. The fraction of sp³-hybridized carbons (Fsp3) is 0.438. The highest BCUT2D eigenvalue weighted by Crippen LogP contribution is 2.35. The van der Waals surface area contributed by atoms with Gasteiger partial charge in [-0.2, -0.15) is 5.10 Å². The van der Waals surface area contributed by atoms with Gasteiger partial charge in [0.1, 0.15) is 5.75 Å². The minimum absolute atomic E-state index is 0.334. The molecule has 20 heavy (non-hydrogen) atoms. The van der Waals surface area contributed by atoms with Gasteiger partial charge in [0.05, 0.1) is 12.7 Å². The summed E-state index contributed by atoms with van der Waals surface area (Å²) in [4.78, 5) is 0. The van der Waals surface area contributed by atoms with Gasteiger partial charge in [0.15, 0.2) is 0 Å². The molecule has 0 bridgehead atoms. The highest BCUT2D eigenvalue weighted by molar-refractivity contribution is 5.42. The lowest BCUT2D eigenvalue weighted by atomic mass is 9.89. The van der Waals surface area contributed by atoms with Crippen LogP contribution < -0.4 is 4.74 Å². The summed E-state index contributed by atoms with van der Waals surface area (Å²) in [5.41, 5.74) is 3.38. The predicted molar refractivity (Wildman–Crippen MR) is 76.7 cm³/mol. The number of hydrogen-bond donors (Lipinski definition) is 1. The van der Waals surface area contributed by atoms with E-state index in [0.717, 1.165) is 42.7 Å². The molecule has 0 radical (unpaired) electrons. The second-order valence-corrected chi connectivity index (χ2v) is 5.28. The first-order valence-corrected chi connectivity index (χ1v) is 7.15. The molecule has 4 nitrogen and oxygen atoms in total. The van der Waals surface area contributed by atoms with Gasteiger partial charge in [-0.25, -0.2) is 0 Å². The number of aryl methyl sites for hydroxylation is 1. The van der Waals surface area contributed by atoms with Crippen molar-refractivity contribution < 1.29 is 9.84 Å². The highest BCUT2D eigenvalue weighted by atomic mass is 16.5. The van der Waals surface area contributed by atoms with E-state index in [2.05, 4.69) is 5.10 Å². The van der Waals surface area contributed by atoms with Gasteiger partial charge in [-0.3, -0.25) is 4.68 Å². The molecule has 1 aliphatic rings. The van der Waals surface area contributed by atoms with E-state index in [1.54, 1.807) is 6.20 Å². The molecule has 0 spiro atoms. The second-order valence-electron chi connectivity index (χ2n) is 5.28. The zero-order valence-corrected chi connectivity index (χ0v) is 11.7. The van der Waals surface area contributed by atoms with E-state index >= 15 is 0 Å². The Morgan fingerprint density at radius 1 is 1.40 bits per heavy atom. The van der Waals surface area contributed by atoms with Crippen molar-refractivity contribution in [3.8, 4) is 5.75 Å². The van der Waals surface area contributed by atoms with Crippen LogP contribution in [0.15, 0.2) is 30.5 Å². The van der Waals surface area contributed by atoms with Crippen LogP contribution in [-0.2, 0) is 19.9 Å². The molecule has 0 saturated heterocycles. The quantitative estimate of drug-likeness (QED) is 0.929. The fourth-order valence-corrected chi connectivity index (χ4v) is 2.84. The van der Waals surface area contributed by atoms with Crippen LogP contribution in [0.25, 0.3) is 0 Å². The summed E-state index contributed by atoms with van der Waals surface area (Å²) in [5, 5.41) is 14.2. The van der Waals surface area contributed by atoms with Crippen molar-refractivity contribution in [2.75, 3.05) is 6.61 Å². The van der Waals surface area contributed by atoms with Gasteiger partial charge in [0.25, 0.3) is 0 Å². The Labute approximate surface area is 119 Å². The Kier molecular flexibility index (Phi) is 3.74. The first kappa shape index (κ1) is 13.2. The molecule has 1 N–H and O–H groups in total. The van der Waals surface area contributed by atoms with Crippen LogP contribution in [0.5, 0.6) is 5.75 Å². The molecule has 1 aromatic carbocycles. The average molecular weight is 272 g/mol. The maximum absolute atomic E-state index is 10.0. The first-order chi connectivity index (χ1) is 9.75. The number of aliphatic hydroxyl groups excluding tert-OH is 1. The summed E-state index contributed by atoms with van der Waals surface area (Å²) >= 11 is 0. The van der Waals surface area contributed by atoms with Crippen LogP contribution in [0, 0.1) is 0 Å². The van der Waals surface area contributed by atoms with Crippen LogP contribution in [0.1, 0.15) is 35.8 Å². The molecule has 1 atom stereocenters. The molecule has 0 saturated carbocycles. The Hall–Kier alpha value is -1.81. The van der Waals surface area contributed by atoms with E-state index in [0.29, 0.717) is 6.61 Å². The molecule has 4 heteroatoms. The zero-order valence-electron chi connectivity index (χ0n) is 11.7. The van der Waals surface area contributed by atoms with E-state index in [4.69, 9.17) is 4.74 Å². The number of aliphatic hydroxyl groups is 1. The van der Waals surface area contributed by atoms with Crippen LogP contribution in [0.3, 0.4) is 0 Å². The largest absolute Gasteiger partial charge is 0.493 e. The van der Waals surface area contributed by atoms with Crippen molar-refractivity contribution in [2.45, 2.75) is 31.8 Å². The normalized spacial score (nSPS) is 17.8. The Morgan fingerprint density at radius 2 is 2.30 bits per heavy atom. The Bertz CT molecular complexity index is 592. The van der Waals surface area contributed by atoms with Gasteiger partial charge in [0, 0.05) is 25.4 Å². The Balaban J connectivity index is 1.69. The number of ether oxygens (including phenoxy) is 1. The summed E-state index contributed by atoms with van der Waals surface area (Å²) in [6.45, 7) is 0.631. The third-order valence-corrected chi connectivity index (χ3v) is 3.97. The smallest absolute Gasteiger partial charge is 0.122 e. The maximum Gasteiger partial charge on any atom is 0.122 e. The molecule has 3 rings (SSSR count). The summed E-state index contributed by atoms with van der Waals surface area (Å²) in [6, 6.07) is 7.98. The second kappa shape index (κ2) is 5.67. The van der Waals surface area contributed by atoms with Crippen molar-refractivity contribution in [3.05, 3.63) is 47.3 Å². The van der Waals surface area contributed by atoms with Crippen molar-refractivity contribution in [3.63, 3.8) is 0 Å². The standard InChI is InChI=1S/C16H20N2O2/c1-18-12(8-10-17-18)9-11-20-16-7-3-4-13-14(16)5-2-6-15(13)19/h3-4,7-8,10,15,19H,2,5-6,9,11H2,1H3. The van der Waals surface area contributed by atoms with E-state index in [1.165, 1.54) is 5.56 Å². The molecule has 1 heterocycles. The van der Waals surface area contributed by atoms with E-state index in [9.17, 15) is 5.11 Å². The topological polar surface area (TPSA) is 47.3 Å². The maximum atomic E-state index is 10.0. The molecular weight excluding hydrogens is 252 g/mol. The third-order valence-electron chi connectivity index (χ3n) is 3.97. The summed E-state index contributed by atoms with van der Waals surface area (Å²) in [7, 11) is 1.94. The molecule has 0 aliphatic heterocycles. The van der Waals surface area contributed by atoms with Crippen LogP contribution in [0.2, 0.25) is 0 Å². The molecule has 0 amide bonds. The van der Waals surface area contributed by atoms with Crippen molar-refractivity contribution in [2.24, 2.45) is 7.05 Å². The first-order valence-electron chi connectivity index (χ1n) is 7.15. The van der Waals surface area contributed by atoms with E-state index < -0.39 is 0 Å². The minimum Gasteiger partial charge on any atom is -0.493 e. The van der Waals surface area contributed by atoms with Crippen molar-refractivity contribution in [1.82, 2.24) is 9.78 Å².